The van der Waals surface area contributed by atoms with E-state index >= 15 is 0 Å². The Bertz CT molecular complexity index is 537. The summed E-state index contributed by atoms with van der Waals surface area (Å²) in [6.07, 6.45) is 0.838. The zero-order valence-electron chi connectivity index (χ0n) is 13.2. The van der Waals surface area contributed by atoms with E-state index in [1.165, 1.54) is 0 Å². The lowest BCUT2D eigenvalue weighted by Gasteiger charge is -2.37. The van der Waals surface area contributed by atoms with Crippen LogP contribution in [0.25, 0.3) is 0 Å². The highest BCUT2D eigenvalue weighted by Crippen LogP contribution is 2.31. The van der Waals surface area contributed by atoms with Gasteiger partial charge in [-0.1, -0.05) is 25.1 Å². The number of para-hydroxylation sites is 1. The van der Waals surface area contributed by atoms with Crippen molar-refractivity contribution in [3.63, 3.8) is 0 Å². The third kappa shape index (κ3) is 3.41. The van der Waals surface area contributed by atoms with Crippen molar-refractivity contribution in [2.24, 2.45) is 0 Å². The number of hydrogen-bond donors (Lipinski definition) is 1. The van der Waals surface area contributed by atoms with E-state index in [-0.39, 0.29) is 11.9 Å². The van der Waals surface area contributed by atoms with E-state index in [2.05, 4.69) is 24.1 Å². The fourth-order valence-corrected chi connectivity index (χ4v) is 4.30. The molecule has 2 aliphatic heterocycles. The second-order valence-electron chi connectivity index (χ2n) is 6.08. The minimum absolute atomic E-state index is 0.0735. The van der Waals surface area contributed by atoms with Crippen molar-refractivity contribution in [1.29, 1.82) is 0 Å². The molecule has 1 amide bonds. The lowest BCUT2D eigenvalue weighted by atomic mass is 10.0. The van der Waals surface area contributed by atoms with Crippen molar-refractivity contribution in [3.8, 4) is 5.75 Å². The number of ether oxygens (including phenoxy) is 1. The first-order valence-corrected chi connectivity index (χ1v) is 9.07. The Morgan fingerprint density at radius 2 is 2.23 bits per heavy atom. The molecule has 1 aromatic rings. The van der Waals surface area contributed by atoms with Crippen molar-refractivity contribution in [2.45, 2.75) is 37.6 Å². The molecule has 1 fully saturated rings. The number of nitrogens with zero attached hydrogens (tertiary/aromatic N) is 1. The van der Waals surface area contributed by atoms with Gasteiger partial charge in [0, 0.05) is 35.6 Å². The summed E-state index contributed by atoms with van der Waals surface area (Å²) >= 11 is 1.99. The molecule has 0 bridgehead atoms. The van der Waals surface area contributed by atoms with Gasteiger partial charge >= 0.3 is 0 Å². The number of thioether (sulfide) groups is 1. The number of carbonyl (C=O) groups excluding carboxylic acids is 1. The van der Waals surface area contributed by atoms with Crippen molar-refractivity contribution >= 4 is 17.7 Å². The Labute approximate surface area is 136 Å². The lowest BCUT2D eigenvalue weighted by molar-refractivity contribution is -0.123. The summed E-state index contributed by atoms with van der Waals surface area (Å²) in [4.78, 5) is 14.7. The van der Waals surface area contributed by atoms with Crippen LogP contribution in [-0.4, -0.2) is 47.5 Å². The predicted octanol–water partition coefficient (Wildman–Crippen LogP) is 2.45. The van der Waals surface area contributed by atoms with Crippen LogP contribution in [0.2, 0.25) is 0 Å². The van der Waals surface area contributed by atoms with Crippen LogP contribution >= 0.6 is 11.8 Å². The monoisotopic (exact) mass is 320 g/mol. The van der Waals surface area contributed by atoms with Gasteiger partial charge in [0.1, 0.15) is 5.75 Å². The molecule has 0 aliphatic carbocycles. The van der Waals surface area contributed by atoms with Crippen LogP contribution in [0.5, 0.6) is 5.75 Å². The topological polar surface area (TPSA) is 41.6 Å². The number of rotatable bonds is 3. The highest BCUT2D eigenvalue weighted by atomic mass is 32.2. The summed E-state index contributed by atoms with van der Waals surface area (Å²) in [5.41, 5.74) is 1.10. The summed E-state index contributed by atoms with van der Waals surface area (Å²) in [6.45, 7) is 6.61. The van der Waals surface area contributed by atoms with Crippen LogP contribution < -0.4 is 10.1 Å². The highest BCUT2D eigenvalue weighted by molar-refractivity contribution is 8.00. The Balaban J connectivity index is 1.61. The molecular weight excluding hydrogens is 296 g/mol. The van der Waals surface area contributed by atoms with Crippen LogP contribution in [0.3, 0.4) is 0 Å². The molecule has 0 unspecified atom stereocenters. The average Bonchev–Trinajstić information content (AvgIpc) is 2.52. The molecule has 0 aromatic heterocycles. The van der Waals surface area contributed by atoms with Crippen molar-refractivity contribution in [2.75, 3.05) is 25.4 Å². The standard InChI is InChI=1S/C17H24N2O2S/c1-12-13(2)22-10-8-19(12)11-17(20)18-15-7-9-21-16-6-4-3-5-14(15)16/h3-6,12-13,15H,7-11H2,1-2H3,(H,18,20)/t12-,13+,15+/m1/s1. The van der Waals surface area contributed by atoms with E-state index in [9.17, 15) is 4.79 Å². The van der Waals surface area contributed by atoms with E-state index in [1.54, 1.807) is 0 Å². The summed E-state index contributed by atoms with van der Waals surface area (Å²) in [7, 11) is 0. The van der Waals surface area contributed by atoms with Gasteiger partial charge in [-0.3, -0.25) is 9.69 Å². The van der Waals surface area contributed by atoms with Crippen LogP contribution in [-0.2, 0) is 4.79 Å². The maximum atomic E-state index is 12.4. The zero-order chi connectivity index (χ0) is 15.5. The number of amides is 1. The van der Waals surface area contributed by atoms with Gasteiger partial charge in [-0.05, 0) is 13.0 Å². The quantitative estimate of drug-likeness (QED) is 0.929. The minimum atomic E-state index is 0.0735. The fraction of sp³-hybridized carbons (Fsp3) is 0.588. The molecule has 1 aromatic carbocycles. The van der Waals surface area contributed by atoms with Gasteiger partial charge in [0.15, 0.2) is 0 Å². The molecule has 1 saturated heterocycles. The van der Waals surface area contributed by atoms with E-state index < -0.39 is 0 Å². The fourth-order valence-electron chi connectivity index (χ4n) is 3.14. The maximum Gasteiger partial charge on any atom is 0.234 e. The molecule has 4 nitrogen and oxygen atoms in total. The third-order valence-electron chi connectivity index (χ3n) is 4.65. The third-order valence-corrected chi connectivity index (χ3v) is 5.99. The van der Waals surface area contributed by atoms with Gasteiger partial charge in [0.05, 0.1) is 19.2 Å². The molecule has 0 radical (unpaired) electrons. The molecule has 3 atom stereocenters. The number of nitrogens with one attached hydrogen (secondary N) is 1. The molecule has 0 saturated carbocycles. The first-order chi connectivity index (χ1) is 10.6. The van der Waals surface area contributed by atoms with Crippen molar-refractivity contribution < 1.29 is 9.53 Å². The first-order valence-electron chi connectivity index (χ1n) is 8.02. The Morgan fingerprint density at radius 1 is 1.41 bits per heavy atom. The molecule has 1 N–H and O–H groups in total. The largest absolute Gasteiger partial charge is 0.493 e. The smallest absolute Gasteiger partial charge is 0.234 e. The van der Waals surface area contributed by atoms with Crippen LogP contribution in [0.15, 0.2) is 24.3 Å². The first kappa shape index (κ1) is 15.7. The molecule has 2 aliphatic rings. The molecule has 22 heavy (non-hydrogen) atoms. The number of benzene rings is 1. The maximum absolute atomic E-state index is 12.4. The molecule has 5 heteroatoms. The van der Waals surface area contributed by atoms with E-state index in [1.807, 2.05) is 36.0 Å². The second kappa shape index (κ2) is 6.92. The molecule has 0 spiro atoms. The van der Waals surface area contributed by atoms with Crippen LogP contribution in [0.1, 0.15) is 31.9 Å². The van der Waals surface area contributed by atoms with Gasteiger partial charge in [-0.25, -0.2) is 0 Å². The molecule has 120 valence electrons. The van der Waals surface area contributed by atoms with E-state index in [0.717, 1.165) is 30.0 Å². The molecule has 2 heterocycles. The highest BCUT2D eigenvalue weighted by Gasteiger charge is 2.28. The van der Waals surface area contributed by atoms with Gasteiger partial charge in [-0.15, -0.1) is 0 Å². The Hall–Kier alpha value is -1.20. The number of fused-ring (bicyclic) bond motifs is 1. The van der Waals surface area contributed by atoms with E-state index in [0.29, 0.717) is 24.4 Å². The number of hydrogen-bond acceptors (Lipinski definition) is 4. The molecular formula is C17H24N2O2S. The van der Waals surface area contributed by atoms with Gasteiger partial charge < -0.3 is 10.1 Å². The number of carbonyl (C=O) groups is 1. The molecule has 3 rings (SSSR count). The second-order valence-corrected chi connectivity index (χ2v) is 7.57. The van der Waals surface area contributed by atoms with Gasteiger partial charge in [-0.2, -0.15) is 11.8 Å². The Kier molecular flexibility index (Phi) is 4.93. The minimum Gasteiger partial charge on any atom is -0.493 e. The lowest BCUT2D eigenvalue weighted by Crippen LogP contribution is -2.49. The van der Waals surface area contributed by atoms with Gasteiger partial charge in [0.2, 0.25) is 5.91 Å². The summed E-state index contributed by atoms with van der Waals surface area (Å²) in [5, 5.41) is 3.78. The average molecular weight is 320 g/mol. The van der Waals surface area contributed by atoms with Gasteiger partial charge in [0.25, 0.3) is 0 Å². The van der Waals surface area contributed by atoms with E-state index in [4.69, 9.17) is 4.74 Å². The predicted molar refractivity (Wildman–Crippen MR) is 90.4 cm³/mol. The SMILES string of the molecule is C[C@@H]1SCCN(CC(=O)N[C@H]2CCOc3ccccc32)[C@@H]1C. The van der Waals surface area contributed by atoms with Crippen molar-refractivity contribution in [1.82, 2.24) is 10.2 Å². The normalized spacial score (nSPS) is 28.5. The summed E-state index contributed by atoms with van der Waals surface area (Å²) < 4.78 is 5.65. The van der Waals surface area contributed by atoms with Crippen LogP contribution in [0.4, 0.5) is 0 Å². The van der Waals surface area contributed by atoms with Crippen molar-refractivity contribution in [3.05, 3.63) is 29.8 Å². The van der Waals surface area contributed by atoms with Crippen LogP contribution in [0, 0.1) is 0 Å². The zero-order valence-corrected chi connectivity index (χ0v) is 14.1. The summed E-state index contributed by atoms with van der Waals surface area (Å²) in [5.74, 6) is 2.13. The summed E-state index contributed by atoms with van der Waals surface area (Å²) in [6, 6.07) is 8.51. The Morgan fingerprint density at radius 3 is 3.09 bits per heavy atom.